The molecule has 0 bridgehead atoms. The standard InChI is InChI=1S/C69H108BrN3O10/c1-7-11-13-15-17-19-21-23-25-27-29-31-33-35-37-44-63(75)81-52-56(53-82-64(76)45-38-36-34-32-30-28-26-24-22-20-18-16-14-12-8-2)83-66(78)48-54(5)47-65(77)80-46-40-43-62(74)73-60-42-39-41-57-58-49-55(69(79)72(9-3)10-4)51-71(6)61(58)50-59(67(57)60)68(73)70/h23-26,39,41-42,49,54-56,61H,7-22,27-38,40,43-48,50-53H2,1-6H3/b25-23-,26-24-/t54?,55-,61-/m1/s1. The lowest BCUT2D eigenvalue weighted by atomic mass is 9.79. The van der Waals surface area contributed by atoms with Gasteiger partial charge in [-0.05, 0) is 143 Å². The van der Waals surface area contributed by atoms with Crippen LogP contribution >= 0.6 is 15.9 Å². The van der Waals surface area contributed by atoms with Crippen LogP contribution in [0, 0.1) is 11.8 Å². The number of esters is 4. The topological polar surface area (TPSA) is 151 Å². The molecule has 1 unspecified atom stereocenters. The van der Waals surface area contributed by atoms with Gasteiger partial charge in [-0.25, -0.2) is 0 Å². The summed E-state index contributed by atoms with van der Waals surface area (Å²) in [6.45, 7) is 11.8. The number of ether oxygens (including phenoxy) is 4. The van der Waals surface area contributed by atoms with Crippen LogP contribution in [0.1, 0.15) is 256 Å². The molecule has 2 aromatic rings. The average molecular weight is 1220 g/mol. The molecule has 3 atom stereocenters. The van der Waals surface area contributed by atoms with E-state index in [4.69, 9.17) is 18.9 Å². The van der Waals surface area contributed by atoms with Crippen LogP contribution in [-0.2, 0) is 49.3 Å². The Morgan fingerprint density at radius 3 is 1.63 bits per heavy atom. The van der Waals surface area contributed by atoms with Crippen molar-refractivity contribution in [3.63, 3.8) is 0 Å². The monoisotopic (exact) mass is 1220 g/mol. The summed E-state index contributed by atoms with van der Waals surface area (Å²) in [6, 6.07) is 6.07. The average Bonchev–Trinajstić information content (AvgIpc) is 2.20. The molecule has 2 heterocycles. The lowest BCUT2D eigenvalue weighted by Crippen LogP contribution is -2.47. The van der Waals surface area contributed by atoms with E-state index in [0.29, 0.717) is 45.3 Å². The van der Waals surface area contributed by atoms with Gasteiger partial charge in [0.2, 0.25) is 11.8 Å². The van der Waals surface area contributed by atoms with Crippen LogP contribution < -0.4 is 0 Å². The summed E-state index contributed by atoms with van der Waals surface area (Å²) < 4.78 is 24.9. The highest BCUT2D eigenvalue weighted by molar-refractivity contribution is 9.10. The number of fused-ring (bicyclic) bond motifs is 2. The molecule has 0 fully saturated rings. The van der Waals surface area contributed by atoms with E-state index < -0.39 is 24.0 Å². The molecule has 0 saturated carbocycles. The summed E-state index contributed by atoms with van der Waals surface area (Å²) in [5, 5.41) is 1.01. The van der Waals surface area contributed by atoms with Crippen LogP contribution in [-0.4, -0.2) is 109 Å². The molecule has 0 radical (unpaired) electrons. The SMILES string of the molecule is CCCCCCCC/C=C\CCCCCCCC(=O)OCC(COC(=O)CCCCCCC/C=C\CCCCCCCC)OC(=O)CC(C)CC(=O)OCCCC(=O)n1c(Br)c2c3c(cccc31)C1=C[C@@H](C(=O)N(CC)CC)CN(C)[C@@H]1C2. The van der Waals surface area contributed by atoms with Gasteiger partial charge in [0.1, 0.15) is 13.2 Å². The summed E-state index contributed by atoms with van der Waals surface area (Å²) in [5.74, 6) is -2.55. The molecule has 4 rings (SSSR count). The number of aromatic nitrogens is 1. The summed E-state index contributed by atoms with van der Waals surface area (Å²) in [5.41, 5.74) is 4.02. The zero-order chi connectivity index (χ0) is 60.0. The number of halogens is 1. The quantitative estimate of drug-likeness (QED) is 0.0270. The number of carbonyl (C=O) groups is 6. The molecule has 13 nitrogen and oxygen atoms in total. The number of rotatable bonds is 46. The maximum Gasteiger partial charge on any atom is 0.306 e. The van der Waals surface area contributed by atoms with Gasteiger partial charge in [0.15, 0.2) is 6.10 Å². The molecular formula is C69H108BrN3O10. The minimum atomic E-state index is -0.989. The molecule has 1 aliphatic heterocycles. The van der Waals surface area contributed by atoms with E-state index >= 15 is 0 Å². The summed E-state index contributed by atoms with van der Waals surface area (Å²) in [4.78, 5) is 83.5. The van der Waals surface area contributed by atoms with Crippen molar-refractivity contribution < 1.29 is 47.7 Å². The second-order valence-corrected chi connectivity index (χ2v) is 24.3. The Morgan fingerprint density at radius 1 is 0.614 bits per heavy atom. The summed E-state index contributed by atoms with van der Waals surface area (Å²) >= 11 is 3.79. The van der Waals surface area contributed by atoms with Crippen LogP contribution in [0.2, 0.25) is 0 Å². The summed E-state index contributed by atoms with van der Waals surface area (Å²) in [6.07, 6.45) is 42.1. The van der Waals surface area contributed by atoms with E-state index in [0.717, 1.165) is 109 Å². The van der Waals surface area contributed by atoms with Crippen molar-refractivity contribution in [2.45, 2.75) is 259 Å². The first-order valence-electron chi connectivity index (χ1n) is 32.9. The van der Waals surface area contributed by atoms with E-state index in [2.05, 4.69) is 78.2 Å². The third kappa shape index (κ3) is 26.7. The normalized spacial score (nSPS) is 15.4. The van der Waals surface area contributed by atoms with Gasteiger partial charge in [-0.1, -0.05) is 166 Å². The molecule has 83 heavy (non-hydrogen) atoms. The van der Waals surface area contributed by atoms with Crippen molar-refractivity contribution in [3.05, 3.63) is 64.3 Å². The number of carbonyl (C=O) groups excluding carboxylic acids is 6. The molecule has 0 N–H and O–H groups in total. The molecule has 0 saturated heterocycles. The highest BCUT2D eigenvalue weighted by Gasteiger charge is 2.38. The number of unbranched alkanes of at least 4 members (excludes halogenated alkanes) is 22. The molecule has 0 spiro atoms. The fourth-order valence-electron chi connectivity index (χ4n) is 11.5. The van der Waals surface area contributed by atoms with Crippen LogP contribution in [0.3, 0.4) is 0 Å². The zero-order valence-corrected chi connectivity index (χ0v) is 53.9. The van der Waals surface area contributed by atoms with E-state index in [1.54, 1.807) is 11.5 Å². The second kappa shape index (κ2) is 42.3. The van der Waals surface area contributed by atoms with Gasteiger partial charge < -0.3 is 23.8 Å². The van der Waals surface area contributed by atoms with E-state index in [1.165, 1.54) is 77.0 Å². The van der Waals surface area contributed by atoms with E-state index in [9.17, 15) is 28.8 Å². The van der Waals surface area contributed by atoms with Gasteiger partial charge in [-0.3, -0.25) is 38.2 Å². The fourth-order valence-corrected chi connectivity index (χ4v) is 12.3. The van der Waals surface area contributed by atoms with Gasteiger partial charge in [-0.2, -0.15) is 0 Å². The van der Waals surface area contributed by atoms with Crippen LogP contribution in [0.4, 0.5) is 0 Å². The van der Waals surface area contributed by atoms with Crippen molar-refractivity contribution in [1.29, 1.82) is 0 Å². The Balaban J connectivity index is 1.19. The first kappa shape index (κ1) is 70.9. The maximum absolute atomic E-state index is 13.9. The van der Waals surface area contributed by atoms with Gasteiger partial charge in [-0.15, -0.1) is 0 Å². The predicted octanol–water partition coefficient (Wildman–Crippen LogP) is 16.6. The highest BCUT2D eigenvalue weighted by atomic mass is 79.9. The molecule has 1 aliphatic carbocycles. The van der Waals surface area contributed by atoms with Gasteiger partial charge in [0, 0.05) is 63.2 Å². The number of hydrogen-bond donors (Lipinski definition) is 0. The van der Waals surface area contributed by atoms with Crippen molar-refractivity contribution in [1.82, 2.24) is 14.4 Å². The van der Waals surface area contributed by atoms with Crippen LogP contribution in [0.5, 0.6) is 0 Å². The third-order valence-electron chi connectivity index (χ3n) is 16.4. The number of amides is 1. The smallest absolute Gasteiger partial charge is 0.306 e. The number of allylic oxidation sites excluding steroid dienone is 4. The Morgan fingerprint density at radius 2 is 1.11 bits per heavy atom. The molecular weight excluding hydrogens is 1110 g/mol. The van der Waals surface area contributed by atoms with Crippen molar-refractivity contribution in [3.8, 4) is 0 Å². The number of hydrogen-bond acceptors (Lipinski definition) is 11. The molecule has 1 aromatic carbocycles. The van der Waals surface area contributed by atoms with Crippen molar-refractivity contribution >= 4 is 68.1 Å². The van der Waals surface area contributed by atoms with E-state index in [-0.39, 0.29) is 87.6 Å². The first-order chi connectivity index (χ1) is 40.3. The van der Waals surface area contributed by atoms with E-state index in [1.807, 2.05) is 30.9 Å². The Bertz CT molecular complexity index is 2280. The fraction of sp³-hybridized carbons (Fsp3) is 0.710. The van der Waals surface area contributed by atoms with Crippen molar-refractivity contribution in [2.75, 3.05) is 46.5 Å². The molecule has 466 valence electrons. The highest BCUT2D eigenvalue weighted by Crippen LogP contribution is 2.45. The van der Waals surface area contributed by atoms with Gasteiger partial charge >= 0.3 is 23.9 Å². The lowest BCUT2D eigenvalue weighted by molar-refractivity contribution is -0.167. The van der Waals surface area contributed by atoms with Crippen molar-refractivity contribution in [2.24, 2.45) is 11.8 Å². The first-order valence-corrected chi connectivity index (χ1v) is 33.6. The Labute approximate surface area is 509 Å². The lowest BCUT2D eigenvalue weighted by Gasteiger charge is -2.40. The maximum atomic E-state index is 13.9. The molecule has 1 aromatic heterocycles. The molecule has 1 amide bonds. The van der Waals surface area contributed by atoms with Crippen LogP contribution in [0.15, 0.2) is 53.2 Å². The van der Waals surface area contributed by atoms with Crippen LogP contribution in [0.25, 0.3) is 16.5 Å². The van der Waals surface area contributed by atoms with Gasteiger partial charge in [0.25, 0.3) is 0 Å². The number of benzene rings is 1. The minimum absolute atomic E-state index is 0.0329. The molecule has 14 heteroatoms. The minimum Gasteiger partial charge on any atom is -0.466 e. The predicted molar refractivity (Wildman–Crippen MR) is 339 cm³/mol. The molecule has 2 aliphatic rings. The second-order valence-electron chi connectivity index (χ2n) is 23.6. The van der Waals surface area contributed by atoms with Gasteiger partial charge in [0.05, 0.1) is 22.6 Å². The largest absolute Gasteiger partial charge is 0.466 e. The Hall–Kier alpha value is -4.56. The number of nitrogens with zero attached hydrogens (tertiary/aromatic N) is 3. The number of likely N-dealkylation sites (N-methyl/N-ethyl adjacent to an activating group) is 1. The third-order valence-corrected chi connectivity index (χ3v) is 17.2. The Kier molecular flexibility index (Phi) is 36.1. The zero-order valence-electron chi connectivity index (χ0n) is 52.3. The summed E-state index contributed by atoms with van der Waals surface area (Å²) in [7, 11) is 2.06.